The van der Waals surface area contributed by atoms with Gasteiger partial charge in [-0.1, -0.05) is 0 Å². The molecule has 10 heteroatoms. The zero-order valence-electron chi connectivity index (χ0n) is 6.99. The van der Waals surface area contributed by atoms with E-state index in [-0.39, 0.29) is 26.1 Å². The standard InChI is InChI=1S/C4H10O8S2/c5-13(6,7)11-3-1-2-4-12-14(8,9)10/h1-4H2,(H,5,6,7)(H,8,9,10). The first-order valence-electron chi connectivity index (χ1n) is 3.44. The van der Waals surface area contributed by atoms with Crippen LogP contribution >= 0.6 is 0 Å². The fourth-order valence-corrected chi connectivity index (χ4v) is 1.19. The molecule has 0 aromatic rings. The van der Waals surface area contributed by atoms with E-state index in [0.29, 0.717) is 0 Å². The average Bonchev–Trinajstić information content (AvgIpc) is 1.92. The Morgan fingerprint density at radius 3 is 1.29 bits per heavy atom. The van der Waals surface area contributed by atoms with Crippen LogP contribution < -0.4 is 0 Å². The smallest absolute Gasteiger partial charge is 0.264 e. The summed E-state index contributed by atoms with van der Waals surface area (Å²) < 4.78 is 64.0. The van der Waals surface area contributed by atoms with Gasteiger partial charge in [0.25, 0.3) is 0 Å². The molecule has 0 rings (SSSR count). The molecule has 2 N–H and O–H groups in total. The first-order chi connectivity index (χ1) is 6.21. The van der Waals surface area contributed by atoms with E-state index in [1.165, 1.54) is 0 Å². The van der Waals surface area contributed by atoms with E-state index < -0.39 is 20.8 Å². The van der Waals surface area contributed by atoms with Gasteiger partial charge in [-0.15, -0.1) is 0 Å². The molecule has 8 nitrogen and oxygen atoms in total. The average molecular weight is 250 g/mol. The summed E-state index contributed by atoms with van der Waals surface area (Å²) in [5, 5.41) is 0. The van der Waals surface area contributed by atoms with Crippen molar-refractivity contribution < 1.29 is 34.3 Å². The SMILES string of the molecule is O=S(=O)(O)OCCCCOS(=O)(=O)O. The zero-order chi connectivity index (χ0) is 11.2. The third kappa shape index (κ3) is 11.7. The molecule has 0 aliphatic heterocycles. The summed E-state index contributed by atoms with van der Waals surface area (Å²) in [6.45, 7) is -0.568. The third-order valence-corrected chi connectivity index (χ3v) is 1.93. The molecule has 0 atom stereocenters. The van der Waals surface area contributed by atoms with Crippen molar-refractivity contribution in [2.24, 2.45) is 0 Å². The lowest BCUT2D eigenvalue weighted by molar-refractivity contribution is 0.232. The molecule has 0 aromatic heterocycles. The summed E-state index contributed by atoms with van der Waals surface area (Å²) in [4.78, 5) is 0. The van der Waals surface area contributed by atoms with Crippen LogP contribution in [-0.4, -0.2) is 39.2 Å². The third-order valence-electron chi connectivity index (χ3n) is 1.00. The Kier molecular flexibility index (Phi) is 5.48. The first-order valence-corrected chi connectivity index (χ1v) is 6.17. The first kappa shape index (κ1) is 13.7. The molecule has 0 unspecified atom stereocenters. The Balaban J connectivity index is 3.41. The van der Waals surface area contributed by atoms with Crippen molar-refractivity contribution in [2.75, 3.05) is 13.2 Å². The van der Waals surface area contributed by atoms with Crippen molar-refractivity contribution in [3.05, 3.63) is 0 Å². The van der Waals surface area contributed by atoms with E-state index >= 15 is 0 Å². The number of rotatable bonds is 7. The van der Waals surface area contributed by atoms with Gasteiger partial charge in [0, 0.05) is 0 Å². The second kappa shape index (κ2) is 5.58. The summed E-state index contributed by atoms with van der Waals surface area (Å²) in [6, 6.07) is 0. The Labute approximate surface area is 81.7 Å². The largest absolute Gasteiger partial charge is 0.397 e. The lowest BCUT2D eigenvalue weighted by atomic mass is 10.3. The fourth-order valence-electron chi connectivity index (χ4n) is 0.533. The summed E-state index contributed by atoms with van der Waals surface area (Å²) in [7, 11) is -8.90. The predicted octanol–water partition coefficient (Wildman–Crippen LogP) is -0.595. The molecule has 0 heterocycles. The van der Waals surface area contributed by atoms with Crippen molar-refractivity contribution in [2.45, 2.75) is 12.8 Å². The molecule has 0 fully saturated rings. The monoisotopic (exact) mass is 250 g/mol. The zero-order valence-corrected chi connectivity index (χ0v) is 8.62. The van der Waals surface area contributed by atoms with E-state index in [9.17, 15) is 16.8 Å². The van der Waals surface area contributed by atoms with Crippen LogP contribution in [0.5, 0.6) is 0 Å². The molecule has 0 spiro atoms. The Hall–Kier alpha value is -0.260. The Morgan fingerprint density at radius 1 is 0.786 bits per heavy atom. The molecule has 0 radical (unpaired) electrons. The highest BCUT2D eigenvalue weighted by Gasteiger charge is 2.05. The van der Waals surface area contributed by atoms with E-state index in [1.54, 1.807) is 0 Å². The van der Waals surface area contributed by atoms with Crippen LogP contribution in [0.2, 0.25) is 0 Å². The van der Waals surface area contributed by atoms with Crippen LogP contribution in [0.15, 0.2) is 0 Å². The van der Waals surface area contributed by atoms with E-state index in [0.717, 1.165) is 0 Å². The van der Waals surface area contributed by atoms with Crippen LogP contribution in [0.3, 0.4) is 0 Å². The quantitative estimate of drug-likeness (QED) is 0.453. The highest BCUT2D eigenvalue weighted by atomic mass is 32.3. The van der Waals surface area contributed by atoms with E-state index in [4.69, 9.17) is 9.11 Å². The van der Waals surface area contributed by atoms with Crippen molar-refractivity contribution in [1.82, 2.24) is 0 Å². The van der Waals surface area contributed by atoms with Gasteiger partial charge in [-0.2, -0.15) is 16.8 Å². The minimum absolute atomic E-state index is 0.162. The topological polar surface area (TPSA) is 127 Å². The molecule has 0 aliphatic rings. The second-order valence-corrected chi connectivity index (χ2v) is 4.39. The minimum atomic E-state index is -4.45. The normalized spacial score (nSPS) is 13.0. The van der Waals surface area contributed by atoms with Gasteiger partial charge in [0.1, 0.15) is 0 Å². The maximum atomic E-state index is 9.99. The minimum Gasteiger partial charge on any atom is -0.264 e. The van der Waals surface area contributed by atoms with Crippen LogP contribution in [0.25, 0.3) is 0 Å². The molecule has 0 aliphatic carbocycles. The van der Waals surface area contributed by atoms with Crippen LogP contribution in [-0.2, 0) is 29.2 Å². The summed E-state index contributed by atoms with van der Waals surface area (Å²) >= 11 is 0. The van der Waals surface area contributed by atoms with Gasteiger partial charge in [-0.25, -0.2) is 8.37 Å². The molecule has 0 bridgehead atoms. The molecule has 14 heavy (non-hydrogen) atoms. The van der Waals surface area contributed by atoms with Gasteiger partial charge in [-0.3, -0.25) is 9.11 Å². The maximum absolute atomic E-state index is 9.99. The summed E-state index contributed by atoms with van der Waals surface area (Å²) in [5.41, 5.74) is 0. The number of hydrogen-bond donors (Lipinski definition) is 2. The van der Waals surface area contributed by atoms with Crippen molar-refractivity contribution in [3.8, 4) is 0 Å². The lowest BCUT2D eigenvalue weighted by Gasteiger charge is -2.00. The van der Waals surface area contributed by atoms with Crippen LogP contribution in [0.1, 0.15) is 12.8 Å². The van der Waals surface area contributed by atoms with Gasteiger partial charge in [0.05, 0.1) is 13.2 Å². The second-order valence-electron chi connectivity index (χ2n) is 2.21. The summed E-state index contributed by atoms with van der Waals surface area (Å²) in [5.74, 6) is 0. The molecular weight excluding hydrogens is 240 g/mol. The van der Waals surface area contributed by atoms with Gasteiger partial charge >= 0.3 is 20.8 Å². The van der Waals surface area contributed by atoms with Crippen molar-refractivity contribution >= 4 is 20.8 Å². The molecule has 0 amide bonds. The van der Waals surface area contributed by atoms with Crippen molar-refractivity contribution in [1.29, 1.82) is 0 Å². The highest BCUT2D eigenvalue weighted by molar-refractivity contribution is 7.81. The van der Waals surface area contributed by atoms with Crippen LogP contribution in [0, 0.1) is 0 Å². The Morgan fingerprint density at radius 2 is 1.07 bits per heavy atom. The van der Waals surface area contributed by atoms with E-state index in [2.05, 4.69) is 8.37 Å². The van der Waals surface area contributed by atoms with Gasteiger partial charge in [0.2, 0.25) is 0 Å². The van der Waals surface area contributed by atoms with Gasteiger partial charge in [0.15, 0.2) is 0 Å². The Bertz CT molecular complexity index is 304. The molecule has 0 aromatic carbocycles. The highest BCUT2D eigenvalue weighted by Crippen LogP contribution is 1.96. The summed E-state index contributed by atoms with van der Waals surface area (Å²) in [6.07, 6.45) is 0.324. The number of hydrogen-bond acceptors (Lipinski definition) is 6. The number of unbranched alkanes of at least 4 members (excludes halogenated alkanes) is 1. The van der Waals surface area contributed by atoms with Gasteiger partial charge < -0.3 is 0 Å². The van der Waals surface area contributed by atoms with E-state index in [1.807, 2.05) is 0 Å². The van der Waals surface area contributed by atoms with Crippen molar-refractivity contribution in [3.63, 3.8) is 0 Å². The lowest BCUT2D eigenvalue weighted by Crippen LogP contribution is -2.08. The molecular formula is C4H10O8S2. The molecule has 0 saturated carbocycles. The maximum Gasteiger partial charge on any atom is 0.397 e. The van der Waals surface area contributed by atoms with Gasteiger partial charge in [-0.05, 0) is 12.8 Å². The fraction of sp³-hybridized carbons (Fsp3) is 1.00. The predicted molar refractivity (Wildman–Crippen MR) is 44.2 cm³/mol. The molecule has 0 saturated heterocycles. The molecule has 86 valence electrons. The van der Waals surface area contributed by atoms with Crippen LogP contribution in [0.4, 0.5) is 0 Å².